The maximum Gasteiger partial charge on any atom is 0.326 e. The molecule has 0 aromatic heterocycles. The first-order valence-corrected chi connectivity index (χ1v) is 7.90. The van der Waals surface area contributed by atoms with E-state index in [1.807, 2.05) is 0 Å². The van der Waals surface area contributed by atoms with Gasteiger partial charge in [-0.05, 0) is 49.9 Å². The number of unbranched alkanes of at least 4 members (excludes halogenated alkanes) is 1. The number of amides is 1. The van der Waals surface area contributed by atoms with E-state index in [4.69, 9.17) is 4.74 Å². The molecule has 1 aliphatic heterocycles. The van der Waals surface area contributed by atoms with Crippen molar-refractivity contribution in [2.24, 2.45) is 0 Å². The smallest absolute Gasteiger partial charge is 0.326 e. The number of carboxylic acid groups (broad SMARTS) is 1. The molecule has 120 valence electrons. The van der Waals surface area contributed by atoms with Crippen LogP contribution in [0.3, 0.4) is 0 Å². The van der Waals surface area contributed by atoms with Gasteiger partial charge in [-0.1, -0.05) is 13.3 Å². The molecule has 0 aliphatic carbocycles. The molecule has 1 fully saturated rings. The number of carbonyl (C=O) groups is 2. The van der Waals surface area contributed by atoms with Gasteiger partial charge in [-0.15, -0.1) is 0 Å². The Morgan fingerprint density at radius 3 is 2.64 bits per heavy atom. The maximum absolute atomic E-state index is 12.5. The summed E-state index contributed by atoms with van der Waals surface area (Å²) < 4.78 is 5.57. The highest BCUT2D eigenvalue weighted by atomic mass is 16.5. The third kappa shape index (κ3) is 4.00. The zero-order chi connectivity index (χ0) is 15.9. The van der Waals surface area contributed by atoms with Gasteiger partial charge in [0.25, 0.3) is 5.91 Å². The van der Waals surface area contributed by atoms with Crippen LogP contribution in [0.1, 0.15) is 49.4 Å². The van der Waals surface area contributed by atoms with Crippen LogP contribution in [0.25, 0.3) is 0 Å². The van der Waals surface area contributed by atoms with Gasteiger partial charge in [-0.25, -0.2) is 4.79 Å². The SMILES string of the molecule is CCCCOc1ccc(C(=O)N2CCCCC2C(=O)O)cc1. The molecule has 1 amide bonds. The van der Waals surface area contributed by atoms with Crippen molar-refractivity contribution in [2.75, 3.05) is 13.2 Å². The Bertz CT molecular complexity index is 512. The average molecular weight is 305 g/mol. The lowest BCUT2D eigenvalue weighted by atomic mass is 10.0. The number of hydrogen-bond acceptors (Lipinski definition) is 3. The van der Waals surface area contributed by atoms with Gasteiger partial charge in [-0.3, -0.25) is 4.79 Å². The third-order valence-corrected chi connectivity index (χ3v) is 3.92. The van der Waals surface area contributed by atoms with Gasteiger partial charge in [0.2, 0.25) is 0 Å². The average Bonchev–Trinajstić information content (AvgIpc) is 2.55. The number of likely N-dealkylation sites (tertiary alicyclic amines) is 1. The van der Waals surface area contributed by atoms with Crippen molar-refractivity contribution in [2.45, 2.75) is 45.1 Å². The second-order valence-electron chi connectivity index (χ2n) is 5.57. The van der Waals surface area contributed by atoms with Gasteiger partial charge in [-0.2, -0.15) is 0 Å². The van der Waals surface area contributed by atoms with Crippen molar-refractivity contribution >= 4 is 11.9 Å². The summed E-state index contributed by atoms with van der Waals surface area (Å²) in [7, 11) is 0. The summed E-state index contributed by atoms with van der Waals surface area (Å²) in [5, 5.41) is 9.26. The number of nitrogens with zero attached hydrogens (tertiary/aromatic N) is 1. The van der Waals surface area contributed by atoms with Crippen molar-refractivity contribution in [1.82, 2.24) is 4.90 Å². The molecule has 1 aromatic rings. The first-order valence-electron chi connectivity index (χ1n) is 7.90. The molecule has 1 aromatic carbocycles. The zero-order valence-electron chi connectivity index (χ0n) is 13.0. The van der Waals surface area contributed by atoms with E-state index in [2.05, 4.69) is 6.92 Å². The van der Waals surface area contributed by atoms with E-state index in [9.17, 15) is 14.7 Å². The maximum atomic E-state index is 12.5. The van der Waals surface area contributed by atoms with Gasteiger partial charge >= 0.3 is 5.97 Å². The fourth-order valence-corrected chi connectivity index (χ4v) is 2.63. The fourth-order valence-electron chi connectivity index (χ4n) is 2.63. The predicted molar refractivity (Wildman–Crippen MR) is 83.2 cm³/mol. The summed E-state index contributed by atoms with van der Waals surface area (Å²) >= 11 is 0. The Kier molecular flexibility index (Phi) is 5.81. The van der Waals surface area contributed by atoms with Crippen LogP contribution in [0.5, 0.6) is 5.75 Å². The molecule has 0 saturated carbocycles. The zero-order valence-corrected chi connectivity index (χ0v) is 13.0. The quantitative estimate of drug-likeness (QED) is 0.821. The number of carboxylic acids is 1. The molecular formula is C17H23NO4. The standard InChI is InChI=1S/C17H23NO4/c1-2-3-12-22-14-9-7-13(8-10-14)16(19)18-11-5-4-6-15(18)17(20)21/h7-10,15H,2-6,11-12H2,1H3,(H,20,21). The molecular weight excluding hydrogens is 282 g/mol. The molecule has 1 heterocycles. The van der Waals surface area contributed by atoms with E-state index in [1.165, 1.54) is 4.90 Å². The number of aliphatic carboxylic acids is 1. The first kappa shape index (κ1) is 16.3. The molecule has 1 N–H and O–H groups in total. The van der Waals surface area contributed by atoms with E-state index in [0.717, 1.165) is 31.4 Å². The molecule has 1 saturated heterocycles. The molecule has 1 atom stereocenters. The fraction of sp³-hybridized carbons (Fsp3) is 0.529. The first-order chi connectivity index (χ1) is 10.6. The molecule has 0 bridgehead atoms. The third-order valence-electron chi connectivity index (χ3n) is 3.92. The Labute approximate surface area is 130 Å². The van der Waals surface area contributed by atoms with E-state index < -0.39 is 12.0 Å². The number of ether oxygens (including phenoxy) is 1. The molecule has 1 unspecified atom stereocenters. The van der Waals surface area contributed by atoms with Crippen molar-refractivity contribution < 1.29 is 19.4 Å². The van der Waals surface area contributed by atoms with Crippen LogP contribution in [0.15, 0.2) is 24.3 Å². The summed E-state index contributed by atoms with van der Waals surface area (Å²) in [4.78, 5) is 25.3. The van der Waals surface area contributed by atoms with Crippen molar-refractivity contribution in [3.8, 4) is 5.75 Å². The molecule has 1 aliphatic rings. The molecule has 22 heavy (non-hydrogen) atoms. The largest absolute Gasteiger partial charge is 0.494 e. The molecule has 5 heteroatoms. The lowest BCUT2D eigenvalue weighted by molar-refractivity contribution is -0.143. The van der Waals surface area contributed by atoms with Crippen LogP contribution < -0.4 is 4.74 Å². The number of rotatable bonds is 6. The Morgan fingerprint density at radius 1 is 1.27 bits per heavy atom. The molecule has 5 nitrogen and oxygen atoms in total. The highest BCUT2D eigenvalue weighted by Gasteiger charge is 2.32. The minimum atomic E-state index is -0.924. The lowest BCUT2D eigenvalue weighted by Crippen LogP contribution is -2.47. The van der Waals surface area contributed by atoms with Crippen LogP contribution in [0, 0.1) is 0 Å². The number of hydrogen-bond donors (Lipinski definition) is 1. The Balaban J connectivity index is 2.03. The van der Waals surface area contributed by atoms with Crippen molar-refractivity contribution in [3.63, 3.8) is 0 Å². The number of carbonyl (C=O) groups excluding carboxylic acids is 1. The predicted octanol–water partition coefficient (Wildman–Crippen LogP) is 2.94. The van der Waals surface area contributed by atoms with E-state index in [1.54, 1.807) is 24.3 Å². The minimum Gasteiger partial charge on any atom is -0.494 e. The minimum absolute atomic E-state index is 0.216. The van der Waals surface area contributed by atoms with Crippen LogP contribution in [-0.2, 0) is 4.79 Å². The highest BCUT2D eigenvalue weighted by molar-refractivity contribution is 5.96. The van der Waals surface area contributed by atoms with Gasteiger partial charge in [0.05, 0.1) is 6.61 Å². The summed E-state index contributed by atoms with van der Waals surface area (Å²) in [5.74, 6) is -0.404. The van der Waals surface area contributed by atoms with Crippen molar-refractivity contribution in [1.29, 1.82) is 0 Å². The van der Waals surface area contributed by atoms with Crippen molar-refractivity contribution in [3.05, 3.63) is 29.8 Å². The monoisotopic (exact) mass is 305 g/mol. The topological polar surface area (TPSA) is 66.8 Å². The lowest BCUT2D eigenvalue weighted by Gasteiger charge is -2.33. The van der Waals surface area contributed by atoms with E-state index in [-0.39, 0.29) is 5.91 Å². The molecule has 0 spiro atoms. The summed E-state index contributed by atoms with van der Waals surface area (Å²) in [6.45, 7) is 3.27. The Morgan fingerprint density at radius 2 is 2.00 bits per heavy atom. The van der Waals surface area contributed by atoms with Crippen LogP contribution in [0.2, 0.25) is 0 Å². The second-order valence-corrected chi connectivity index (χ2v) is 5.57. The molecule has 0 radical (unpaired) electrons. The van der Waals surface area contributed by atoms with Crippen LogP contribution >= 0.6 is 0 Å². The Hall–Kier alpha value is -2.04. The van der Waals surface area contributed by atoms with Gasteiger partial charge in [0.15, 0.2) is 0 Å². The number of piperidine rings is 1. The second kappa shape index (κ2) is 7.82. The summed E-state index contributed by atoms with van der Waals surface area (Å²) in [6.07, 6.45) is 4.30. The van der Waals surface area contributed by atoms with Crippen LogP contribution in [0.4, 0.5) is 0 Å². The molecule has 2 rings (SSSR count). The van der Waals surface area contributed by atoms with E-state index in [0.29, 0.717) is 25.1 Å². The van der Waals surface area contributed by atoms with Crippen LogP contribution in [-0.4, -0.2) is 41.1 Å². The van der Waals surface area contributed by atoms with Gasteiger partial charge in [0, 0.05) is 12.1 Å². The summed E-state index contributed by atoms with van der Waals surface area (Å²) in [6, 6.07) is 6.24. The highest BCUT2D eigenvalue weighted by Crippen LogP contribution is 2.21. The summed E-state index contributed by atoms with van der Waals surface area (Å²) in [5.41, 5.74) is 0.510. The van der Waals surface area contributed by atoms with Gasteiger partial charge in [0.1, 0.15) is 11.8 Å². The van der Waals surface area contributed by atoms with E-state index >= 15 is 0 Å². The normalized spacial score (nSPS) is 18.0. The van der Waals surface area contributed by atoms with Gasteiger partial charge < -0.3 is 14.7 Å². The number of benzene rings is 1.